The van der Waals surface area contributed by atoms with Crippen molar-refractivity contribution >= 4 is 11.6 Å². The average molecular weight is 311 g/mol. The molecule has 3 nitrogen and oxygen atoms in total. The van der Waals surface area contributed by atoms with E-state index in [0.29, 0.717) is 6.04 Å². The van der Waals surface area contributed by atoms with Crippen LogP contribution in [0.2, 0.25) is 5.02 Å². The molecule has 1 aliphatic heterocycles. The summed E-state index contributed by atoms with van der Waals surface area (Å²) in [5, 5.41) is 4.41. The van der Waals surface area contributed by atoms with Crippen LogP contribution < -0.4 is 10.1 Å². The predicted octanol–water partition coefficient (Wildman–Crippen LogP) is 3.70. The smallest absolute Gasteiger partial charge is 0.123 e. The molecular weight excluding hydrogens is 284 g/mol. The van der Waals surface area contributed by atoms with E-state index < -0.39 is 0 Å². The second kappa shape index (κ2) is 8.62. The number of nitrogens with one attached hydrogen (secondary N) is 1. The van der Waals surface area contributed by atoms with Crippen molar-refractivity contribution in [1.82, 2.24) is 10.2 Å². The maximum absolute atomic E-state index is 6.14. The van der Waals surface area contributed by atoms with Crippen LogP contribution in [-0.2, 0) is 6.54 Å². The van der Waals surface area contributed by atoms with E-state index in [2.05, 4.69) is 17.1 Å². The Balaban J connectivity index is 2.02. The van der Waals surface area contributed by atoms with Crippen LogP contribution in [0.4, 0.5) is 0 Å². The maximum Gasteiger partial charge on any atom is 0.123 e. The fraction of sp³-hybridized carbons (Fsp3) is 0.647. The van der Waals surface area contributed by atoms with Crippen LogP contribution in [0.1, 0.15) is 38.2 Å². The lowest BCUT2D eigenvalue weighted by Crippen LogP contribution is -2.43. The first-order chi connectivity index (χ1) is 10.2. The van der Waals surface area contributed by atoms with Crippen molar-refractivity contribution in [2.24, 2.45) is 0 Å². The number of halogens is 1. The zero-order valence-corrected chi connectivity index (χ0v) is 14.0. The molecule has 0 amide bonds. The standard InChI is InChI=1S/C17H27ClN2O/c1-3-10-20(13-16-6-4-5-9-19-16)12-14-11-15(18)7-8-17(14)21-2/h7-8,11,16,19H,3-6,9-10,12-13H2,1-2H3. The van der Waals surface area contributed by atoms with Crippen LogP contribution in [0.15, 0.2) is 18.2 Å². The van der Waals surface area contributed by atoms with Crippen molar-refractivity contribution in [2.75, 3.05) is 26.7 Å². The summed E-state index contributed by atoms with van der Waals surface area (Å²) in [6, 6.07) is 6.49. The Labute approximate surface area is 133 Å². The Morgan fingerprint density at radius 2 is 2.24 bits per heavy atom. The summed E-state index contributed by atoms with van der Waals surface area (Å²) in [7, 11) is 1.72. The van der Waals surface area contributed by atoms with Gasteiger partial charge in [0.25, 0.3) is 0 Å². The second-order valence-electron chi connectivity index (χ2n) is 5.84. The van der Waals surface area contributed by atoms with E-state index >= 15 is 0 Å². The van der Waals surface area contributed by atoms with Crippen molar-refractivity contribution in [3.8, 4) is 5.75 Å². The molecular formula is C17H27ClN2O. The lowest BCUT2D eigenvalue weighted by atomic mass is 10.0. The summed E-state index contributed by atoms with van der Waals surface area (Å²) in [5.74, 6) is 0.928. The van der Waals surface area contributed by atoms with Crippen LogP contribution in [-0.4, -0.2) is 37.7 Å². The number of methoxy groups -OCH3 is 1. The number of hydrogen-bond acceptors (Lipinski definition) is 3. The first-order valence-corrected chi connectivity index (χ1v) is 8.39. The summed E-state index contributed by atoms with van der Waals surface area (Å²) in [5.41, 5.74) is 1.18. The van der Waals surface area contributed by atoms with Crippen LogP contribution >= 0.6 is 11.6 Å². The number of hydrogen-bond donors (Lipinski definition) is 1. The third-order valence-electron chi connectivity index (χ3n) is 4.07. The molecule has 0 aliphatic carbocycles. The maximum atomic E-state index is 6.14. The fourth-order valence-electron chi connectivity index (χ4n) is 3.05. The van der Waals surface area contributed by atoms with Gasteiger partial charge in [0.2, 0.25) is 0 Å². The van der Waals surface area contributed by atoms with Crippen molar-refractivity contribution in [3.63, 3.8) is 0 Å². The molecule has 1 atom stereocenters. The molecule has 0 radical (unpaired) electrons. The van der Waals surface area contributed by atoms with E-state index in [1.165, 1.54) is 24.8 Å². The van der Waals surface area contributed by atoms with Crippen LogP contribution in [0.3, 0.4) is 0 Å². The lowest BCUT2D eigenvalue weighted by Gasteiger charge is -2.30. The molecule has 1 N–H and O–H groups in total. The molecule has 1 heterocycles. The van der Waals surface area contributed by atoms with Gasteiger partial charge in [-0.25, -0.2) is 0 Å². The number of piperidine rings is 1. The van der Waals surface area contributed by atoms with Gasteiger partial charge in [0.1, 0.15) is 5.75 Å². The third kappa shape index (κ3) is 5.17. The number of nitrogens with zero attached hydrogens (tertiary/aromatic N) is 1. The van der Waals surface area contributed by atoms with Gasteiger partial charge in [0.05, 0.1) is 7.11 Å². The Morgan fingerprint density at radius 3 is 2.90 bits per heavy atom. The van der Waals surface area contributed by atoms with E-state index in [1.54, 1.807) is 7.11 Å². The normalized spacial score (nSPS) is 19.0. The van der Waals surface area contributed by atoms with Gasteiger partial charge in [-0.2, -0.15) is 0 Å². The summed E-state index contributed by atoms with van der Waals surface area (Å²) < 4.78 is 5.47. The second-order valence-corrected chi connectivity index (χ2v) is 6.27. The highest BCUT2D eigenvalue weighted by Gasteiger charge is 2.17. The molecule has 1 aromatic rings. The third-order valence-corrected chi connectivity index (χ3v) is 4.30. The highest BCUT2D eigenvalue weighted by atomic mass is 35.5. The van der Waals surface area contributed by atoms with Crippen molar-refractivity contribution in [2.45, 2.75) is 45.2 Å². The van der Waals surface area contributed by atoms with Crippen LogP contribution in [0.25, 0.3) is 0 Å². The molecule has 1 fully saturated rings. The summed E-state index contributed by atoms with van der Waals surface area (Å²) >= 11 is 6.14. The molecule has 2 rings (SSSR count). The summed E-state index contributed by atoms with van der Waals surface area (Å²) in [6.45, 7) is 6.49. The van der Waals surface area contributed by atoms with Crippen molar-refractivity contribution in [1.29, 1.82) is 0 Å². The Kier molecular flexibility index (Phi) is 6.81. The molecule has 1 saturated heterocycles. The van der Waals surface area contributed by atoms with Crippen molar-refractivity contribution < 1.29 is 4.74 Å². The number of benzene rings is 1. The van der Waals surface area contributed by atoms with E-state index in [4.69, 9.17) is 16.3 Å². The van der Waals surface area contributed by atoms with Gasteiger partial charge in [-0.05, 0) is 50.6 Å². The largest absolute Gasteiger partial charge is 0.496 e. The van der Waals surface area contributed by atoms with Gasteiger partial charge >= 0.3 is 0 Å². The SMILES string of the molecule is CCCN(Cc1cc(Cl)ccc1OC)CC1CCCCN1. The minimum absolute atomic E-state index is 0.621. The van der Waals surface area contributed by atoms with E-state index in [9.17, 15) is 0 Å². The molecule has 0 spiro atoms. The zero-order valence-electron chi connectivity index (χ0n) is 13.2. The van der Waals surface area contributed by atoms with Gasteiger partial charge in [-0.1, -0.05) is 24.9 Å². The molecule has 1 aromatic carbocycles. The average Bonchev–Trinajstić information content (AvgIpc) is 2.49. The molecule has 1 unspecified atom stereocenters. The van der Waals surface area contributed by atoms with Crippen molar-refractivity contribution in [3.05, 3.63) is 28.8 Å². The topological polar surface area (TPSA) is 24.5 Å². The van der Waals surface area contributed by atoms with E-state index in [-0.39, 0.29) is 0 Å². The predicted molar refractivity (Wildman–Crippen MR) is 89.2 cm³/mol. The molecule has 118 valence electrons. The van der Waals surface area contributed by atoms with Crippen LogP contribution in [0.5, 0.6) is 5.75 Å². The van der Waals surface area contributed by atoms with E-state index in [0.717, 1.165) is 43.4 Å². The van der Waals surface area contributed by atoms with Gasteiger partial charge < -0.3 is 10.1 Å². The van der Waals surface area contributed by atoms with E-state index in [1.807, 2.05) is 18.2 Å². The molecule has 21 heavy (non-hydrogen) atoms. The quantitative estimate of drug-likeness (QED) is 0.831. The zero-order chi connectivity index (χ0) is 15.1. The number of ether oxygens (including phenoxy) is 1. The summed E-state index contributed by atoms with van der Waals surface area (Å²) in [4.78, 5) is 2.51. The monoisotopic (exact) mass is 310 g/mol. The lowest BCUT2D eigenvalue weighted by molar-refractivity contribution is 0.215. The minimum Gasteiger partial charge on any atom is -0.496 e. The molecule has 0 saturated carbocycles. The Hall–Kier alpha value is -0.770. The van der Waals surface area contributed by atoms with Gasteiger partial charge in [0.15, 0.2) is 0 Å². The highest BCUT2D eigenvalue weighted by Crippen LogP contribution is 2.24. The fourth-order valence-corrected chi connectivity index (χ4v) is 3.25. The molecule has 4 heteroatoms. The molecule has 0 aromatic heterocycles. The first-order valence-electron chi connectivity index (χ1n) is 8.01. The number of rotatable bonds is 7. The van der Waals surface area contributed by atoms with Crippen LogP contribution in [0, 0.1) is 0 Å². The Bertz CT molecular complexity index is 433. The molecule has 0 bridgehead atoms. The molecule has 1 aliphatic rings. The first kappa shape index (κ1) is 16.6. The van der Waals surface area contributed by atoms with Gasteiger partial charge in [0, 0.05) is 29.7 Å². The van der Waals surface area contributed by atoms with Gasteiger partial charge in [-0.15, -0.1) is 0 Å². The minimum atomic E-state index is 0.621. The summed E-state index contributed by atoms with van der Waals surface area (Å²) in [6.07, 6.45) is 5.10. The highest BCUT2D eigenvalue weighted by molar-refractivity contribution is 6.30. The Morgan fingerprint density at radius 1 is 1.38 bits per heavy atom. The van der Waals surface area contributed by atoms with Gasteiger partial charge in [-0.3, -0.25) is 4.90 Å².